The van der Waals surface area contributed by atoms with Crippen molar-refractivity contribution in [1.82, 2.24) is 10.3 Å². The van der Waals surface area contributed by atoms with Crippen molar-refractivity contribution in [1.29, 1.82) is 0 Å². The fraction of sp³-hybridized carbons (Fsp3) is 0.160. The smallest absolute Gasteiger partial charge is 0.221 e. The van der Waals surface area contributed by atoms with Crippen LogP contribution >= 0.6 is 0 Å². The van der Waals surface area contributed by atoms with Gasteiger partial charge in [-0.2, -0.15) is 0 Å². The molecule has 30 heavy (non-hydrogen) atoms. The molecule has 0 saturated carbocycles. The van der Waals surface area contributed by atoms with Crippen LogP contribution < -0.4 is 10.1 Å². The molecule has 0 saturated heterocycles. The number of carbonyl (C=O) groups excluding carboxylic acids is 1. The first kappa shape index (κ1) is 19.7. The molecule has 152 valence electrons. The molecule has 2 N–H and O–H groups in total. The summed E-state index contributed by atoms with van der Waals surface area (Å²) in [7, 11) is 1.61. The average molecular weight is 402 g/mol. The van der Waals surface area contributed by atoms with Crippen LogP contribution in [0.25, 0.3) is 10.9 Å². The van der Waals surface area contributed by atoms with E-state index >= 15 is 0 Å². The van der Waals surface area contributed by atoms with E-state index in [1.54, 1.807) is 25.3 Å². The van der Waals surface area contributed by atoms with Gasteiger partial charge < -0.3 is 15.0 Å². The van der Waals surface area contributed by atoms with Crippen molar-refractivity contribution in [3.8, 4) is 5.75 Å². The Balaban J connectivity index is 1.66. The van der Waals surface area contributed by atoms with E-state index in [0.717, 1.165) is 22.0 Å². The van der Waals surface area contributed by atoms with Gasteiger partial charge in [0, 0.05) is 36.0 Å². The minimum absolute atomic E-state index is 0.135. The highest BCUT2D eigenvalue weighted by Crippen LogP contribution is 2.36. The molecule has 0 fully saturated rings. The Hall–Kier alpha value is -3.60. The van der Waals surface area contributed by atoms with Crippen molar-refractivity contribution in [2.75, 3.05) is 7.11 Å². The van der Waals surface area contributed by atoms with Crippen molar-refractivity contribution in [3.63, 3.8) is 0 Å². The summed E-state index contributed by atoms with van der Waals surface area (Å²) in [6.45, 7) is 0.436. The second kappa shape index (κ2) is 8.82. The van der Waals surface area contributed by atoms with Crippen LogP contribution in [0, 0.1) is 5.82 Å². The molecule has 4 aromatic rings. The zero-order valence-electron chi connectivity index (χ0n) is 16.7. The fourth-order valence-corrected chi connectivity index (χ4v) is 3.74. The molecule has 0 aliphatic carbocycles. The Morgan fingerprint density at radius 3 is 2.57 bits per heavy atom. The predicted molar refractivity (Wildman–Crippen MR) is 116 cm³/mol. The first-order chi connectivity index (χ1) is 14.7. The molecule has 0 spiro atoms. The number of hydrogen-bond donors (Lipinski definition) is 2. The third-order valence-corrected chi connectivity index (χ3v) is 5.30. The van der Waals surface area contributed by atoms with Crippen LogP contribution in [0.4, 0.5) is 4.39 Å². The average Bonchev–Trinajstić information content (AvgIpc) is 3.20. The van der Waals surface area contributed by atoms with Crippen molar-refractivity contribution in [2.45, 2.75) is 18.9 Å². The monoisotopic (exact) mass is 402 g/mol. The van der Waals surface area contributed by atoms with E-state index in [9.17, 15) is 9.18 Å². The van der Waals surface area contributed by atoms with Crippen molar-refractivity contribution in [3.05, 3.63) is 102 Å². The van der Waals surface area contributed by atoms with Gasteiger partial charge in [-0.05, 0) is 41.0 Å². The number of aromatic amines is 1. The summed E-state index contributed by atoms with van der Waals surface area (Å²) in [5, 5.41) is 3.87. The van der Waals surface area contributed by atoms with Gasteiger partial charge in [0.1, 0.15) is 11.6 Å². The zero-order valence-corrected chi connectivity index (χ0v) is 16.7. The number of nitrogens with one attached hydrogen (secondary N) is 2. The maximum Gasteiger partial charge on any atom is 0.221 e. The van der Waals surface area contributed by atoms with E-state index in [1.165, 1.54) is 6.07 Å². The molecule has 0 aliphatic rings. The maximum atomic E-state index is 14.7. The molecule has 5 heteroatoms. The van der Waals surface area contributed by atoms with Gasteiger partial charge in [-0.3, -0.25) is 4.79 Å². The van der Waals surface area contributed by atoms with Gasteiger partial charge in [0.05, 0.1) is 7.11 Å². The molecule has 0 radical (unpaired) electrons. The third-order valence-electron chi connectivity index (χ3n) is 5.30. The van der Waals surface area contributed by atoms with Gasteiger partial charge in [-0.15, -0.1) is 0 Å². The maximum absolute atomic E-state index is 14.7. The van der Waals surface area contributed by atoms with Crippen molar-refractivity contribution >= 4 is 16.8 Å². The number of ether oxygens (including phenoxy) is 1. The van der Waals surface area contributed by atoms with Crippen LogP contribution in [0.5, 0.6) is 5.75 Å². The summed E-state index contributed by atoms with van der Waals surface area (Å²) in [6, 6.07) is 22.0. The SMILES string of the molecule is COc1ccc2[nH]cc([C@@H](CC(=O)NCc3ccccc3)c3ccccc3F)c2c1. The van der Waals surface area contributed by atoms with E-state index in [-0.39, 0.29) is 18.1 Å². The molecule has 0 aliphatic heterocycles. The fourth-order valence-electron chi connectivity index (χ4n) is 3.74. The largest absolute Gasteiger partial charge is 0.497 e. The number of H-pyrrole nitrogens is 1. The number of halogens is 1. The summed E-state index contributed by atoms with van der Waals surface area (Å²) < 4.78 is 20.1. The van der Waals surface area contributed by atoms with Gasteiger partial charge in [-0.1, -0.05) is 48.5 Å². The minimum Gasteiger partial charge on any atom is -0.497 e. The number of hydrogen-bond acceptors (Lipinski definition) is 2. The lowest BCUT2D eigenvalue weighted by molar-refractivity contribution is -0.121. The molecule has 0 unspecified atom stereocenters. The lowest BCUT2D eigenvalue weighted by atomic mass is 9.87. The lowest BCUT2D eigenvalue weighted by Gasteiger charge is -2.18. The highest BCUT2D eigenvalue weighted by molar-refractivity contribution is 5.87. The number of amides is 1. The lowest BCUT2D eigenvalue weighted by Crippen LogP contribution is -2.25. The number of benzene rings is 3. The minimum atomic E-state index is -0.428. The molecule has 1 amide bonds. The first-order valence-electron chi connectivity index (χ1n) is 9.86. The molecule has 1 aromatic heterocycles. The van der Waals surface area contributed by atoms with E-state index in [1.807, 2.05) is 54.7 Å². The van der Waals surface area contributed by atoms with Crippen LogP contribution in [0.15, 0.2) is 79.0 Å². The van der Waals surface area contributed by atoms with E-state index in [4.69, 9.17) is 4.74 Å². The molecule has 1 heterocycles. The normalized spacial score (nSPS) is 11.9. The standard InChI is InChI=1S/C25H23FN2O2/c1-30-18-11-12-24-21(13-18)22(16-27-24)20(19-9-5-6-10-23(19)26)14-25(29)28-15-17-7-3-2-4-8-17/h2-13,16,20,27H,14-15H2,1H3,(H,28,29)/t20-/m0/s1. The van der Waals surface area contributed by atoms with Crippen LogP contribution in [-0.2, 0) is 11.3 Å². The quantitative estimate of drug-likeness (QED) is 0.449. The van der Waals surface area contributed by atoms with Gasteiger partial charge in [0.15, 0.2) is 0 Å². The zero-order chi connectivity index (χ0) is 20.9. The number of aromatic nitrogens is 1. The topological polar surface area (TPSA) is 54.1 Å². The Kier molecular flexibility index (Phi) is 5.80. The highest BCUT2D eigenvalue weighted by Gasteiger charge is 2.24. The van der Waals surface area contributed by atoms with E-state index in [0.29, 0.717) is 17.9 Å². The van der Waals surface area contributed by atoms with Gasteiger partial charge >= 0.3 is 0 Å². The predicted octanol–water partition coefficient (Wildman–Crippen LogP) is 5.15. The Bertz CT molecular complexity index is 1150. The Morgan fingerprint density at radius 2 is 1.80 bits per heavy atom. The summed E-state index contributed by atoms with van der Waals surface area (Å²) in [4.78, 5) is 16.0. The summed E-state index contributed by atoms with van der Waals surface area (Å²) >= 11 is 0. The van der Waals surface area contributed by atoms with Crippen LogP contribution in [0.1, 0.15) is 29.0 Å². The summed E-state index contributed by atoms with van der Waals surface area (Å²) in [5.41, 5.74) is 3.29. The van der Waals surface area contributed by atoms with Crippen LogP contribution in [-0.4, -0.2) is 18.0 Å². The highest BCUT2D eigenvalue weighted by atomic mass is 19.1. The molecule has 4 nitrogen and oxygen atoms in total. The molecule has 0 bridgehead atoms. The van der Waals surface area contributed by atoms with Crippen LogP contribution in [0.2, 0.25) is 0 Å². The number of fused-ring (bicyclic) bond motifs is 1. The molecule has 4 rings (SSSR count). The molecular formula is C25H23FN2O2. The summed E-state index contributed by atoms with van der Waals surface area (Å²) in [5.74, 6) is -0.174. The second-order valence-corrected chi connectivity index (χ2v) is 7.20. The molecule has 1 atom stereocenters. The van der Waals surface area contributed by atoms with Gasteiger partial charge in [0.25, 0.3) is 0 Å². The Morgan fingerprint density at radius 1 is 1.03 bits per heavy atom. The van der Waals surface area contributed by atoms with E-state index < -0.39 is 5.92 Å². The van der Waals surface area contributed by atoms with Crippen molar-refractivity contribution in [2.24, 2.45) is 0 Å². The number of carbonyl (C=O) groups is 1. The van der Waals surface area contributed by atoms with Gasteiger partial charge in [-0.25, -0.2) is 4.39 Å². The first-order valence-corrected chi connectivity index (χ1v) is 9.86. The van der Waals surface area contributed by atoms with Crippen LogP contribution in [0.3, 0.4) is 0 Å². The molecule has 3 aromatic carbocycles. The second-order valence-electron chi connectivity index (χ2n) is 7.20. The number of methoxy groups -OCH3 is 1. The third kappa shape index (κ3) is 4.20. The van der Waals surface area contributed by atoms with Crippen molar-refractivity contribution < 1.29 is 13.9 Å². The summed E-state index contributed by atoms with van der Waals surface area (Å²) in [6.07, 6.45) is 1.99. The number of rotatable bonds is 7. The molecular weight excluding hydrogens is 379 g/mol. The van der Waals surface area contributed by atoms with E-state index in [2.05, 4.69) is 10.3 Å². The Labute approximate surface area is 174 Å². The van der Waals surface area contributed by atoms with Gasteiger partial charge in [0.2, 0.25) is 5.91 Å².